The maximum absolute atomic E-state index is 4.47. The molecule has 0 spiro atoms. The third kappa shape index (κ3) is 1.66. The fourth-order valence-electron chi connectivity index (χ4n) is 3.29. The zero-order valence-corrected chi connectivity index (χ0v) is 9.76. The summed E-state index contributed by atoms with van der Waals surface area (Å²) in [6.45, 7) is 4.44. The van der Waals surface area contributed by atoms with E-state index in [0.29, 0.717) is 18.1 Å². The Hall–Kier alpha value is -0.600. The van der Waals surface area contributed by atoms with E-state index >= 15 is 0 Å². The number of hydrogen-bond donors (Lipinski definition) is 0. The molecule has 1 heterocycles. The van der Waals surface area contributed by atoms with Gasteiger partial charge in [-0.1, -0.05) is 5.22 Å². The molecule has 0 aromatic heterocycles. The van der Waals surface area contributed by atoms with Gasteiger partial charge in [-0.2, -0.15) is 5.11 Å². The van der Waals surface area contributed by atoms with Gasteiger partial charge in [-0.25, -0.2) is 0 Å². The number of hydrogen-bond acceptors (Lipinski definition) is 3. The molecule has 0 bridgehead atoms. The average Bonchev–Trinajstić information content (AvgIpc) is 2.78. The van der Waals surface area contributed by atoms with Gasteiger partial charge in [0.1, 0.15) is 0 Å². The van der Waals surface area contributed by atoms with Gasteiger partial charge in [0.15, 0.2) is 0 Å². The van der Waals surface area contributed by atoms with Crippen molar-refractivity contribution >= 4 is 0 Å². The van der Waals surface area contributed by atoms with Crippen LogP contribution in [0.25, 0.3) is 0 Å². The number of rotatable bonds is 1. The molecule has 2 saturated carbocycles. The van der Waals surface area contributed by atoms with Gasteiger partial charge in [0.25, 0.3) is 0 Å². The molecule has 3 rings (SSSR count). The van der Waals surface area contributed by atoms with Gasteiger partial charge >= 0.3 is 0 Å². The van der Waals surface area contributed by atoms with Crippen LogP contribution in [0.15, 0.2) is 10.3 Å². The Balaban J connectivity index is 1.71. The predicted molar refractivity (Wildman–Crippen MR) is 59.5 cm³/mol. The van der Waals surface area contributed by atoms with E-state index in [2.05, 4.69) is 29.2 Å². The highest BCUT2D eigenvalue weighted by Gasteiger charge is 2.43. The van der Waals surface area contributed by atoms with E-state index in [4.69, 9.17) is 0 Å². The first-order valence-electron chi connectivity index (χ1n) is 6.45. The summed E-state index contributed by atoms with van der Waals surface area (Å²) >= 11 is 0. The van der Waals surface area contributed by atoms with Crippen LogP contribution in [0.1, 0.15) is 46.0 Å². The molecule has 0 amide bonds. The molecule has 2 aliphatic carbocycles. The largest absolute Gasteiger partial charge is 0.271 e. The van der Waals surface area contributed by atoms with Crippen molar-refractivity contribution in [3.05, 3.63) is 0 Å². The Morgan fingerprint density at radius 2 is 1.80 bits per heavy atom. The van der Waals surface area contributed by atoms with Crippen molar-refractivity contribution in [1.29, 1.82) is 0 Å². The Labute approximate surface area is 91.9 Å². The van der Waals surface area contributed by atoms with Crippen LogP contribution in [-0.2, 0) is 0 Å². The molecule has 3 aliphatic rings. The predicted octanol–water partition coefficient (Wildman–Crippen LogP) is 3.02. The van der Waals surface area contributed by atoms with E-state index in [1.165, 1.54) is 32.1 Å². The van der Waals surface area contributed by atoms with Crippen molar-refractivity contribution in [3.63, 3.8) is 0 Å². The van der Waals surface area contributed by atoms with E-state index in [1.54, 1.807) is 0 Å². The van der Waals surface area contributed by atoms with Gasteiger partial charge in [-0.3, -0.25) is 5.01 Å². The van der Waals surface area contributed by atoms with Crippen molar-refractivity contribution in [2.75, 3.05) is 0 Å². The Kier molecular flexibility index (Phi) is 2.22. The second kappa shape index (κ2) is 3.46. The minimum absolute atomic E-state index is 0.508. The number of nitrogens with zero attached hydrogens (tertiary/aromatic N) is 3. The van der Waals surface area contributed by atoms with Crippen molar-refractivity contribution in [1.82, 2.24) is 5.01 Å². The van der Waals surface area contributed by atoms with Crippen LogP contribution in [0.3, 0.4) is 0 Å². The summed E-state index contributed by atoms with van der Waals surface area (Å²) in [5.41, 5.74) is 0. The molecule has 0 radical (unpaired) electrons. The minimum atomic E-state index is 0.508. The summed E-state index contributed by atoms with van der Waals surface area (Å²) in [5, 5.41) is 11.1. The average molecular weight is 207 g/mol. The lowest BCUT2D eigenvalue weighted by molar-refractivity contribution is 0.154. The van der Waals surface area contributed by atoms with Gasteiger partial charge in [0.05, 0.1) is 12.1 Å². The molecule has 3 nitrogen and oxygen atoms in total. The van der Waals surface area contributed by atoms with E-state index in [-0.39, 0.29) is 0 Å². The maximum atomic E-state index is 4.47. The molecule has 0 saturated heterocycles. The molecule has 0 aromatic rings. The fourth-order valence-corrected chi connectivity index (χ4v) is 3.29. The Morgan fingerprint density at radius 1 is 1.07 bits per heavy atom. The molecule has 84 valence electrons. The molecule has 1 aliphatic heterocycles. The first-order chi connectivity index (χ1) is 7.25. The van der Waals surface area contributed by atoms with Crippen molar-refractivity contribution in [3.8, 4) is 0 Å². The SMILES string of the molecule is CC(C)N1N=NC2CCC3CC3CCC21. The summed E-state index contributed by atoms with van der Waals surface area (Å²) in [5.74, 6) is 2.11. The molecule has 4 atom stereocenters. The molecular formula is C12H21N3. The molecular weight excluding hydrogens is 186 g/mol. The van der Waals surface area contributed by atoms with Gasteiger partial charge < -0.3 is 0 Å². The minimum Gasteiger partial charge on any atom is -0.271 e. The molecule has 3 heteroatoms. The van der Waals surface area contributed by atoms with Gasteiger partial charge in [-0.05, 0) is 57.8 Å². The topological polar surface area (TPSA) is 28.0 Å². The van der Waals surface area contributed by atoms with Gasteiger partial charge in [0, 0.05) is 6.04 Å². The van der Waals surface area contributed by atoms with Crippen LogP contribution in [0, 0.1) is 11.8 Å². The third-order valence-corrected chi connectivity index (χ3v) is 4.35. The van der Waals surface area contributed by atoms with Crippen molar-refractivity contribution in [2.45, 2.75) is 64.1 Å². The van der Waals surface area contributed by atoms with Crippen molar-refractivity contribution < 1.29 is 0 Å². The molecule has 0 aromatic carbocycles. The Bertz CT molecular complexity index is 274. The highest BCUT2D eigenvalue weighted by molar-refractivity contribution is 4.96. The first kappa shape index (κ1) is 9.61. The lowest BCUT2D eigenvalue weighted by Crippen LogP contribution is -2.39. The number of fused-ring (bicyclic) bond motifs is 2. The second-order valence-corrected chi connectivity index (χ2v) is 5.72. The highest BCUT2D eigenvalue weighted by Crippen LogP contribution is 2.48. The van der Waals surface area contributed by atoms with E-state index in [1.807, 2.05) is 0 Å². The highest BCUT2D eigenvalue weighted by atomic mass is 15.6. The standard InChI is InChI=1S/C12H21N3/c1-8(2)15-12-6-4-10-7-9(10)3-5-11(12)13-14-15/h8-12H,3-7H2,1-2H3. The first-order valence-corrected chi connectivity index (χ1v) is 6.45. The lowest BCUT2D eigenvalue weighted by Gasteiger charge is -2.29. The summed E-state index contributed by atoms with van der Waals surface area (Å²) in [4.78, 5) is 0. The smallest absolute Gasteiger partial charge is 0.0949 e. The lowest BCUT2D eigenvalue weighted by atomic mass is 9.92. The van der Waals surface area contributed by atoms with E-state index < -0.39 is 0 Å². The third-order valence-electron chi connectivity index (χ3n) is 4.35. The normalized spacial score (nSPS) is 43.5. The zero-order chi connectivity index (χ0) is 10.4. The van der Waals surface area contributed by atoms with Crippen LogP contribution in [0.4, 0.5) is 0 Å². The Morgan fingerprint density at radius 3 is 2.53 bits per heavy atom. The van der Waals surface area contributed by atoms with E-state index in [0.717, 1.165) is 11.8 Å². The summed E-state index contributed by atoms with van der Waals surface area (Å²) in [6, 6.07) is 1.64. The maximum Gasteiger partial charge on any atom is 0.0949 e. The summed E-state index contributed by atoms with van der Waals surface area (Å²) in [7, 11) is 0. The molecule has 15 heavy (non-hydrogen) atoms. The van der Waals surface area contributed by atoms with Gasteiger partial charge in [-0.15, -0.1) is 0 Å². The van der Waals surface area contributed by atoms with Crippen LogP contribution >= 0.6 is 0 Å². The van der Waals surface area contributed by atoms with Crippen molar-refractivity contribution in [2.24, 2.45) is 22.2 Å². The molecule has 2 fully saturated rings. The van der Waals surface area contributed by atoms with Crippen LogP contribution < -0.4 is 0 Å². The monoisotopic (exact) mass is 207 g/mol. The fraction of sp³-hybridized carbons (Fsp3) is 1.00. The molecule has 4 unspecified atom stereocenters. The van der Waals surface area contributed by atoms with E-state index in [9.17, 15) is 0 Å². The quantitative estimate of drug-likeness (QED) is 0.649. The molecule has 0 N–H and O–H groups in total. The van der Waals surface area contributed by atoms with Crippen LogP contribution in [0.2, 0.25) is 0 Å². The van der Waals surface area contributed by atoms with Crippen LogP contribution in [0.5, 0.6) is 0 Å². The summed E-state index contributed by atoms with van der Waals surface area (Å²) < 4.78 is 0. The zero-order valence-electron chi connectivity index (χ0n) is 9.76. The second-order valence-electron chi connectivity index (χ2n) is 5.72. The summed E-state index contributed by atoms with van der Waals surface area (Å²) in [6.07, 6.45) is 6.91. The van der Waals surface area contributed by atoms with Gasteiger partial charge in [0.2, 0.25) is 0 Å². The van der Waals surface area contributed by atoms with Crippen LogP contribution in [-0.4, -0.2) is 23.1 Å².